The van der Waals surface area contributed by atoms with Crippen LogP contribution in [0.1, 0.15) is 41.1 Å². The van der Waals surface area contributed by atoms with Crippen LogP contribution in [0.3, 0.4) is 0 Å². The van der Waals surface area contributed by atoms with E-state index in [1.165, 1.54) is 6.33 Å². The van der Waals surface area contributed by atoms with Crippen LogP contribution < -0.4 is 10.6 Å². The number of nitrogens with zero attached hydrogens (tertiary/aromatic N) is 2. The highest BCUT2D eigenvalue weighted by molar-refractivity contribution is 5.98. The molecule has 0 aliphatic carbocycles. The van der Waals surface area contributed by atoms with E-state index >= 15 is 0 Å². The Morgan fingerprint density at radius 2 is 2.24 bits per heavy atom. The van der Waals surface area contributed by atoms with Crippen molar-refractivity contribution in [1.29, 1.82) is 0 Å². The van der Waals surface area contributed by atoms with Crippen molar-refractivity contribution in [2.24, 2.45) is 0 Å². The van der Waals surface area contributed by atoms with Crippen LogP contribution in [0.25, 0.3) is 0 Å². The maximum absolute atomic E-state index is 12.2. The lowest BCUT2D eigenvalue weighted by atomic mass is 10.00. The first-order valence-corrected chi connectivity index (χ1v) is 6.72. The molecular formula is C14H15N5O2. The molecule has 3 rings (SSSR count). The van der Waals surface area contributed by atoms with E-state index in [1.54, 1.807) is 12.1 Å². The van der Waals surface area contributed by atoms with E-state index in [4.69, 9.17) is 0 Å². The summed E-state index contributed by atoms with van der Waals surface area (Å²) in [6, 6.07) is 5.03. The fraction of sp³-hybridized carbons (Fsp3) is 0.286. The Bertz CT molecular complexity index is 681. The number of aromatic nitrogens is 3. The zero-order valence-corrected chi connectivity index (χ0v) is 11.5. The van der Waals surface area contributed by atoms with Crippen molar-refractivity contribution >= 4 is 17.5 Å². The molecule has 0 saturated carbocycles. The van der Waals surface area contributed by atoms with E-state index < -0.39 is 0 Å². The van der Waals surface area contributed by atoms with Crippen molar-refractivity contribution in [3.8, 4) is 0 Å². The van der Waals surface area contributed by atoms with Crippen LogP contribution >= 0.6 is 0 Å². The standard InChI is InChI=1S/C14H15N5O2/c1-8(13-15-7-16-19-13)17-14(21)10-2-4-11-9(6-10)3-5-12(20)18-11/h2,4,6-8H,3,5H2,1H3,(H,17,21)(H,18,20)(H,15,16,19). The summed E-state index contributed by atoms with van der Waals surface area (Å²) in [4.78, 5) is 27.6. The highest BCUT2D eigenvalue weighted by Crippen LogP contribution is 2.23. The van der Waals surface area contributed by atoms with Crippen molar-refractivity contribution in [3.05, 3.63) is 41.5 Å². The second-order valence-corrected chi connectivity index (χ2v) is 4.99. The summed E-state index contributed by atoms with van der Waals surface area (Å²) < 4.78 is 0. The topological polar surface area (TPSA) is 99.8 Å². The van der Waals surface area contributed by atoms with Gasteiger partial charge in [0.05, 0.1) is 6.04 Å². The van der Waals surface area contributed by atoms with Crippen LogP contribution in [0.15, 0.2) is 24.5 Å². The zero-order valence-electron chi connectivity index (χ0n) is 11.5. The van der Waals surface area contributed by atoms with Gasteiger partial charge in [-0.3, -0.25) is 14.7 Å². The van der Waals surface area contributed by atoms with Crippen molar-refractivity contribution in [2.45, 2.75) is 25.8 Å². The maximum Gasteiger partial charge on any atom is 0.251 e. The largest absolute Gasteiger partial charge is 0.342 e. The number of hydrogen-bond donors (Lipinski definition) is 3. The van der Waals surface area contributed by atoms with Crippen LogP contribution in [0.4, 0.5) is 5.69 Å². The first-order valence-electron chi connectivity index (χ1n) is 6.72. The molecule has 7 heteroatoms. The van der Waals surface area contributed by atoms with Gasteiger partial charge in [-0.1, -0.05) is 0 Å². The van der Waals surface area contributed by atoms with Gasteiger partial charge in [-0.15, -0.1) is 0 Å². The van der Waals surface area contributed by atoms with Crippen molar-refractivity contribution in [1.82, 2.24) is 20.5 Å². The third kappa shape index (κ3) is 2.76. The zero-order chi connectivity index (χ0) is 14.8. The van der Waals surface area contributed by atoms with Crippen molar-refractivity contribution in [2.75, 3.05) is 5.32 Å². The Morgan fingerprint density at radius 1 is 1.38 bits per heavy atom. The first-order chi connectivity index (χ1) is 10.1. The molecule has 0 bridgehead atoms. The highest BCUT2D eigenvalue weighted by atomic mass is 16.2. The fourth-order valence-corrected chi connectivity index (χ4v) is 2.30. The quantitative estimate of drug-likeness (QED) is 0.788. The van der Waals surface area contributed by atoms with E-state index in [-0.39, 0.29) is 17.9 Å². The average Bonchev–Trinajstić information content (AvgIpc) is 3.01. The van der Waals surface area contributed by atoms with E-state index in [0.29, 0.717) is 24.2 Å². The van der Waals surface area contributed by atoms with E-state index in [1.807, 2.05) is 13.0 Å². The minimum atomic E-state index is -0.254. The number of H-pyrrole nitrogens is 1. The lowest BCUT2D eigenvalue weighted by Crippen LogP contribution is -2.28. The van der Waals surface area contributed by atoms with Gasteiger partial charge in [-0.25, -0.2) is 4.98 Å². The minimum Gasteiger partial charge on any atom is -0.342 e. The number of anilines is 1. The summed E-state index contributed by atoms with van der Waals surface area (Å²) in [5.41, 5.74) is 2.33. The number of aryl methyl sites for hydroxylation is 1. The van der Waals surface area contributed by atoms with Gasteiger partial charge in [-0.05, 0) is 37.1 Å². The monoisotopic (exact) mass is 285 g/mol. The minimum absolute atomic E-state index is 0.0126. The predicted octanol–water partition coefficient (Wildman–Crippen LogP) is 1.18. The Balaban J connectivity index is 1.75. The van der Waals surface area contributed by atoms with Crippen molar-refractivity contribution in [3.63, 3.8) is 0 Å². The van der Waals surface area contributed by atoms with Gasteiger partial charge in [0.1, 0.15) is 12.2 Å². The first kappa shape index (κ1) is 13.3. The molecule has 1 atom stereocenters. The lowest BCUT2D eigenvalue weighted by molar-refractivity contribution is -0.116. The van der Waals surface area contributed by atoms with Crippen LogP contribution in [0, 0.1) is 0 Å². The van der Waals surface area contributed by atoms with Crippen LogP contribution in [-0.4, -0.2) is 27.0 Å². The molecule has 2 amide bonds. The normalized spacial score (nSPS) is 15.0. The summed E-state index contributed by atoms with van der Waals surface area (Å²) in [6.45, 7) is 1.83. The smallest absolute Gasteiger partial charge is 0.251 e. The van der Waals surface area contributed by atoms with Gasteiger partial charge in [-0.2, -0.15) is 5.10 Å². The summed E-state index contributed by atoms with van der Waals surface area (Å²) in [7, 11) is 0. The predicted molar refractivity (Wildman–Crippen MR) is 75.7 cm³/mol. The number of amides is 2. The Kier molecular flexibility index (Phi) is 3.39. The summed E-state index contributed by atoms with van der Waals surface area (Å²) in [5, 5.41) is 12.1. The molecule has 3 N–H and O–H groups in total. The Hall–Kier alpha value is -2.70. The number of rotatable bonds is 3. The third-order valence-corrected chi connectivity index (χ3v) is 3.45. The number of nitrogens with one attached hydrogen (secondary N) is 3. The number of fused-ring (bicyclic) bond motifs is 1. The van der Waals surface area contributed by atoms with Crippen LogP contribution in [-0.2, 0) is 11.2 Å². The molecule has 2 heterocycles. The fourth-order valence-electron chi connectivity index (χ4n) is 2.30. The molecule has 1 aromatic carbocycles. The van der Waals surface area contributed by atoms with E-state index in [9.17, 15) is 9.59 Å². The molecule has 0 saturated heterocycles. The van der Waals surface area contributed by atoms with Gasteiger partial charge in [0.15, 0.2) is 0 Å². The van der Waals surface area contributed by atoms with E-state index in [0.717, 1.165) is 11.3 Å². The third-order valence-electron chi connectivity index (χ3n) is 3.45. The molecule has 1 aromatic heterocycles. The molecule has 1 aliphatic heterocycles. The molecule has 1 aliphatic rings. The summed E-state index contributed by atoms with van der Waals surface area (Å²) >= 11 is 0. The number of carbonyl (C=O) groups excluding carboxylic acids is 2. The Labute approximate surface area is 121 Å². The SMILES string of the molecule is CC(NC(=O)c1ccc2c(c1)CCC(=O)N2)c1ncn[nH]1. The Morgan fingerprint density at radius 3 is 3.00 bits per heavy atom. The molecule has 0 fully saturated rings. The highest BCUT2D eigenvalue weighted by Gasteiger charge is 2.18. The van der Waals surface area contributed by atoms with Crippen LogP contribution in [0.5, 0.6) is 0 Å². The van der Waals surface area contributed by atoms with Gasteiger partial charge in [0.25, 0.3) is 5.91 Å². The number of benzene rings is 1. The second-order valence-electron chi connectivity index (χ2n) is 4.99. The lowest BCUT2D eigenvalue weighted by Gasteiger charge is -2.18. The maximum atomic E-state index is 12.2. The molecule has 108 valence electrons. The molecule has 21 heavy (non-hydrogen) atoms. The number of aromatic amines is 1. The van der Waals surface area contributed by atoms with Gasteiger partial charge < -0.3 is 10.6 Å². The average molecular weight is 285 g/mol. The number of carbonyl (C=O) groups is 2. The second kappa shape index (κ2) is 5.35. The molecule has 2 aromatic rings. The van der Waals surface area contributed by atoms with Crippen molar-refractivity contribution < 1.29 is 9.59 Å². The molecule has 0 spiro atoms. The molecule has 1 unspecified atom stereocenters. The molecular weight excluding hydrogens is 270 g/mol. The molecule has 0 radical (unpaired) electrons. The van der Waals surface area contributed by atoms with Gasteiger partial charge >= 0.3 is 0 Å². The number of hydrogen-bond acceptors (Lipinski definition) is 4. The van der Waals surface area contributed by atoms with Gasteiger partial charge in [0.2, 0.25) is 5.91 Å². The summed E-state index contributed by atoms with van der Waals surface area (Å²) in [6.07, 6.45) is 2.51. The summed E-state index contributed by atoms with van der Waals surface area (Å²) in [5.74, 6) is 0.436. The molecule has 7 nitrogen and oxygen atoms in total. The van der Waals surface area contributed by atoms with E-state index in [2.05, 4.69) is 25.8 Å². The van der Waals surface area contributed by atoms with Gasteiger partial charge in [0, 0.05) is 17.7 Å². The van der Waals surface area contributed by atoms with Crippen LogP contribution in [0.2, 0.25) is 0 Å².